The lowest BCUT2D eigenvalue weighted by atomic mass is 10.2. The molecule has 12 nitrogen and oxygen atoms in total. The summed E-state index contributed by atoms with van der Waals surface area (Å²) in [5.41, 5.74) is 0. The summed E-state index contributed by atoms with van der Waals surface area (Å²) in [5, 5.41) is 27.7. The van der Waals surface area contributed by atoms with E-state index in [9.17, 15) is 28.8 Å². The molecule has 0 saturated heterocycles. The highest BCUT2D eigenvalue weighted by molar-refractivity contribution is 6.77. The number of nitrogens with one attached hydrogen (secondary N) is 4. The molecule has 0 radical (unpaired) electrons. The number of imide groups is 1. The zero-order valence-electron chi connectivity index (χ0n) is 16.8. The van der Waals surface area contributed by atoms with E-state index < -0.39 is 35.3 Å². The smallest absolute Gasteiger partial charge is 0.381 e. The van der Waals surface area contributed by atoms with E-state index in [-0.39, 0.29) is 13.0 Å². The summed E-state index contributed by atoms with van der Waals surface area (Å²) in [5.74, 6) is -8.91. The number of rotatable bonds is 19. The van der Waals surface area contributed by atoms with E-state index in [0.717, 1.165) is 45.3 Å². The Morgan fingerprint density at radius 2 is 1.13 bits per heavy atom. The Hall–Kier alpha value is -2.70. The van der Waals surface area contributed by atoms with Crippen LogP contribution in [0.15, 0.2) is 0 Å². The van der Waals surface area contributed by atoms with Crippen LogP contribution in [-0.2, 0) is 28.8 Å². The second kappa shape index (κ2) is 17.2. The van der Waals surface area contributed by atoms with Crippen LogP contribution in [0.2, 0.25) is 0 Å². The first-order valence-electron chi connectivity index (χ1n) is 9.75. The lowest BCUT2D eigenvalue weighted by Crippen LogP contribution is -2.44. The Labute approximate surface area is 174 Å². The number of carboxylic acid groups (broad SMARTS) is 2. The van der Waals surface area contributed by atoms with Crippen molar-refractivity contribution in [1.29, 1.82) is 0 Å². The Bertz CT molecular complexity index is 609. The largest absolute Gasteiger partial charge is 0.481 e. The van der Waals surface area contributed by atoms with Gasteiger partial charge >= 0.3 is 23.6 Å². The van der Waals surface area contributed by atoms with Gasteiger partial charge in [-0.3, -0.25) is 29.3 Å². The van der Waals surface area contributed by atoms with Gasteiger partial charge in [0.2, 0.25) is 5.91 Å². The Kier molecular flexibility index (Phi) is 15.6. The number of hydrogen-bond donors (Lipinski definition) is 6. The fourth-order valence-corrected chi connectivity index (χ4v) is 2.27. The molecule has 0 rings (SSSR count). The Morgan fingerprint density at radius 3 is 1.67 bits per heavy atom. The van der Waals surface area contributed by atoms with Gasteiger partial charge in [0, 0.05) is 19.5 Å². The fraction of sp³-hybridized carbons (Fsp3) is 0.667. The van der Waals surface area contributed by atoms with Crippen LogP contribution in [0, 0.1) is 0 Å². The van der Waals surface area contributed by atoms with E-state index in [4.69, 9.17) is 10.2 Å². The van der Waals surface area contributed by atoms with Gasteiger partial charge in [0.1, 0.15) is 0 Å². The second-order valence-corrected chi connectivity index (χ2v) is 6.43. The maximum absolute atomic E-state index is 11.5. The topological polar surface area (TPSA) is 191 Å². The van der Waals surface area contributed by atoms with Gasteiger partial charge in [-0.1, -0.05) is 12.8 Å². The molecule has 2 amide bonds. The van der Waals surface area contributed by atoms with Gasteiger partial charge in [-0.25, -0.2) is 4.79 Å². The predicted octanol–water partition coefficient (Wildman–Crippen LogP) is -1.95. The normalized spacial score (nSPS) is 10.4. The molecule has 12 heteroatoms. The highest BCUT2D eigenvalue weighted by Crippen LogP contribution is 1.97. The van der Waals surface area contributed by atoms with Crippen molar-refractivity contribution >= 4 is 35.3 Å². The van der Waals surface area contributed by atoms with Gasteiger partial charge in [0.15, 0.2) is 0 Å². The Morgan fingerprint density at radius 1 is 0.600 bits per heavy atom. The number of ketones is 2. The molecular formula is C18H30N4O8. The van der Waals surface area contributed by atoms with E-state index in [1.54, 1.807) is 5.32 Å². The van der Waals surface area contributed by atoms with Crippen molar-refractivity contribution in [3.63, 3.8) is 0 Å². The molecule has 0 aromatic heterocycles. The average Bonchev–Trinajstić information content (AvgIpc) is 2.69. The van der Waals surface area contributed by atoms with Gasteiger partial charge in [-0.2, -0.15) is 0 Å². The standard InChI is InChI=1S/C18H30N4O8/c23-13(22-17(28)15(26)16(27)18(29)30)12-21-8-4-2-1-3-7-19-10-11-20-9-5-6-14(24)25/h19-21H,1-12H2,(H,24,25)(H,29,30)(H,22,23,28). The zero-order valence-corrected chi connectivity index (χ0v) is 16.8. The minimum Gasteiger partial charge on any atom is -0.481 e. The minimum atomic E-state index is -2.06. The van der Waals surface area contributed by atoms with Gasteiger partial charge in [0.25, 0.3) is 5.78 Å². The maximum atomic E-state index is 11.5. The molecule has 0 aromatic carbocycles. The molecule has 6 N–H and O–H groups in total. The molecule has 0 unspecified atom stereocenters. The lowest BCUT2D eigenvalue weighted by Gasteiger charge is -2.07. The van der Waals surface area contributed by atoms with Crippen molar-refractivity contribution < 1.29 is 39.0 Å². The van der Waals surface area contributed by atoms with E-state index in [2.05, 4.69) is 16.0 Å². The molecule has 0 aliphatic rings. The first-order valence-corrected chi connectivity index (χ1v) is 9.75. The van der Waals surface area contributed by atoms with Gasteiger partial charge in [-0.15, -0.1) is 0 Å². The van der Waals surface area contributed by atoms with Gasteiger partial charge < -0.3 is 26.2 Å². The third kappa shape index (κ3) is 15.2. The third-order valence-electron chi connectivity index (χ3n) is 3.83. The number of carbonyl (C=O) groups is 6. The summed E-state index contributed by atoms with van der Waals surface area (Å²) in [6, 6.07) is 0. The third-order valence-corrected chi connectivity index (χ3v) is 3.83. The number of carboxylic acids is 2. The molecule has 0 aliphatic heterocycles. The SMILES string of the molecule is O=C(O)CCCNCCNCCCCCCNCC(=O)NC(=O)C(=O)C(=O)C(=O)O. The van der Waals surface area contributed by atoms with E-state index in [1.165, 1.54) is 0 Å². The molecule has 0 spiro atoms. The van der Waals surface area contributed by atoms with E-state index in [0.29, 0.717) is 19.5 Å². The first-order chi connectivity index (χ1) is 14.3. The predicted molar refractivity (Wildman–Crippen MR) is 105 cm³/mol. The molecular weight excluding hydrogens is 400 g/mol. The molecule has 0 saturated carbocycles. The summed E-state index contributed by atoms with van der Waals surface area (Å²) in [6.07, 6.45) is 4.53. The maximum Gasteiger partial charge on any atom is 0.381 e. The summed E-state index contributed by atoms with van der Waals surface area (Å²) in [6.45, 7) is 3.44. The molecule has 0 bridgehead atoms. The van der Waals surface area contributed by atoms with Crippen molar-refractivity contribution in [3.05, 3.63) is 0 Å². The number of hydrogen-bond acceptors (Lipinski definition) is 9. The van der Waals surface area contributed by atoms with Crippen LogP contribution in [0.3, 0.4) is 0 Å². The molecule has 0 aliphatic carbocycles. The first kappa shape index (κ1) is 27.3. The molecule has 0 atom stereocenters. The summed E-state index contributed by atoms with van der Waals surface area (Å²) >= 11 is 0. The minimum absolute atomic E-state index is 0.172. The number of carbonyl (C=O) groups excluding carboxylic acids is 4. The van der Waals surface area contributed by atoms with Crippen LogP contribution >= 0.6 is 0 Å². The monoisotopic (exact) mass is 430 g/mol. The molecule has 0 fully saturated rings. The quantitative estimate of drug-likeness (QED) is 0.0758. The second-order valence-electron chi connectivity index (χ2n) is 6.43. The summed E-state index contributed by atoms with van der Waals surface area (Å²) < 4.78 is 0. The lowest BCUT2D eigenvalue weighted by molar-refractivity contribution is -0.155. The van der Waals surface area contributed by atoms with Crippen LogP contribution < -0.4 is 21.3 Å². The van der Waals surface area contributed by atoms with Crippen molar-refractivity contribution in [1.82, 2.24) is 21.3 Å². The molecule has 0 aromatic rings. The fourth-order valence-electron chi connectivity index (χ4n) is 2.27. The molecule has 30 heavy (non-hydrogen) atoms. The summed E-state index contributed by atoms with van der Waals surface area (Å²) in [4.78, 5) is 65.3. The van der Waals surface area contributed by atoms with Crippen LogP contribution in [0.25, 0.3) is 0 Å². The number of unbranched alkanes of at least 4 members (excludes halogenated alkanes) is 3. The van der Waals surface area contributed by atoms with E-state index in [1.807, 2.05) is 0 Å². The van der Waals surface area contributed by atoms with E-state index >= 15 is 0 Å². The van der Waals surface area contributed by atoms with Crippen molar-refractivity contribution in [2.45, 2.75) is 38.5 Å². The van der Waals surface area contributed by atoms with Crippen molar-refractivity contribution in [2.24, 2.45) is 0 Å². The van der Waals surface area contributed by atoms with Crippen LogP contribution in [0.1, 0.15) is 38.5 Å². The van der Waals surface area contributed by atoms with Crippen molar-refractivity contribution in [3.8, 4) is 0 Å². The number of aliphatic carboxylic acids is 2. The van der Waals surface area contributed by atoms with Crippen molar-refractivity contribution in [2.75, 3.05) is 39.3 Å². The number of Topliss-reactive ketones (excluding diaryl/α,β-unsaturated/α-hetero) is 2. The number of amides is 2. The summed E-state index contributed by atoms with van der Waals surface area (Å²) in [7, 11) is 0. The van der Waals surface area contributed by atoms with Crippen LogP contribution in [0.5, 0.6) is 0 Å². The highest BCUT2D eigenvalue weighted by Gasteiger charge is 2.29. The zero-order chi connectivity index (χ0) is 22.8. The molecule has 0 heterocycles. The van der Waals surface area contributed by atoms with Gasteiger partial charge in [-0.05, 0) is 38.9 Å². The average molecular weight is 430 g/mol. The highest BCUT2D eigenvalue weighted by atomic mass is 16.4. The van der Waals surface area contributed by atoms with Crippen LogP contribution in [0.4, 0.5) is 0 Å². The van der Waals surface area contributed by atoms with Crippen LogP contribution in [-0.4, -0.2) is 84.8 Å². The van der Waals surface area contributed by atoms with Gasteiger partial charge in [0.05, 0.1) is 6.54 Å². The molecule has 170 valence electrons. The Balaban J connectivity index is 3.47.